The Kier molecular flexibility index (Phi) is 4.73. The highest BCUT2D eigenvalue weighted by Gasteiger charge is 2.25. The molecule has 1 saturated carbocycles. The predicted molar refractivity (Wildman–Crippen MR) is 81.8 cm³/mol. The molecule has 1 aliphatic rings. The zero-order valence-electron chi connectivity index (χ0n) is 12.7. The van der Waals surface area contributed by atoms with Crippen LogP contribution in [0.5, 0.6) is 5.75 Å². The Bertz CT molecular complexity index is 458. The van der Waals surface area contributed by atoms with Crippen molar-refractivity contribution in [3.8, 4) is 5.75 Å². The number of rotatable bonds is 7. The van der Waals surface area contributed by atoms with Crippen LogP contribution in [-0.4, -0.2) is 19.2 Å². The third-order valence-electron chi connectivity index (χ3n) is 3.45. The van der Waals surface area contributed by atoms with E-state index in [0.717, 1.165) is 31.1 Å². The smallest absolute Gasteiger partial charge is 0.167 e. The fourth-order valence-electron chi connectivity index (χ4n) is 2.37. The van der Waals surface area contributed by atoms with Crippen LogP contribution in [0.4, 0.5) is 15.8 Å². The van der Waals surface area contributed by atoms with Crippen LogP contribution in [0.3, 0.4) is 0 Å². The average molecular weight is 280 g/mol. The standard InChI is InChI=1S/C16H25FN2O/c1-4-7-19(10-12-5-6-12)15-9-16(20-11(2)3)13(17)8-14(15)18/h8-9,11-12H,4-7,10,18H2,1-3H3. The molecule has 1 fully saturated rings. The van der Waals surface area contributed by atoms with Crippen molar-refractivity contribution < 1.29 is 9.13 Å². The summed E-state index contributed by atoms with van der Waals surface area (Å²) in [5, 5.41) is 0. The van der Waals surface area contributed by atoms with Crippen molar-refractivity contribution in [3.05, 3.63) is 17.9 Å². The molecule has 0 bridgehead atoms. The molecule has 0 aliphatic heterocycles. The Morgan fingerprint density at radius 1 is 1.40 bits per heavy atom. The van der Waals surface area contributed by atoms with E-state index >= 15 is 0 Å². The van der Waals surface area contributed by atoms with Crippen LogP contribution in [0.25, 0.3) is 0 Å². The molecule has 1 aromatic carbocycles. The Morgan fingerprint density at radius 2 is 2.10 bits per heavy atom. The second kappa shape index (κ2) is 6.33. The topological polar surface area (TPSA) is 38.5 Å². The second-order valence-electron chi connectivity index (χ2n) is 5.90. The van der Waals surface area contributed by atoms with Crippen LogP contribution < -0.4 is 15.4 Å². The summed E-state index contributed by atoms with van der Waals surface area (Å²) in [5.41, 5.74) is 7.40. The summed E-state index contributed by atoms with van der Waals surface area (Å²) in [5.74, 6) is 0.671. The van der Waals surface area contributed by atoms with Crippen molar-refractivity contribution in [2.75, 3.05) is 23.7 Å². The molecule has 0 radical (unpaired) electrons. The highest BCUT2D eigenvalue weighted by atomic mass is 19.1. The van der Waals surface area contributed by atoms with E-state index in [-0.39, 0.29) is 11.9 Å². The molecule has 112 valence electrons. The van der Waals surface area contributed by atoms with Gasteiger partial charge in [0.25, 0.3) is 0 Å². The van der Waals surface area contributed by atoms with Crippen LogP contribution in [0.15, 0.2) is 12.1 Å². The summed E-state index contributed by atoms with van der Waals surface area (Å²) in [4.78, 5) is 2.26. The lowest BCUT2D eigenvalue weighted by atomic mass is 10.2. The number of ether oxygens (including phenoxy) is 1. The van der Waals surface area contributed by atoms with Crippen molar-refractivity contribution in [1.82, 2.24) is 0 Å². The molecule has 2 N–H and O–H groups in total. The van der Waals surface area contributed by atoms with Gasteiger partial charge in [-0.05, 0) is 39.0 Å². The van der Waals surface area contributed by atoms with Crippen molar-refractivity contribution in [1.29, 1.82) is 0 Å². The fraction of sp³-hybridized carbons (Fsp3) is 0.625. The van der Waals surface area contributed by atoms with E-state index in [9.17, 15) is 4.39 Å². The maximum absolute atomic E-state index is 13.9. The number of nitrogen functional groups attached to an aromatic ring is 1. The van der Waals surface area contributed by atoms with E-state index in [4.69, 9.17) is 10.5 Å². The number of halogens is 1. The number of nitrogens with zero attached hydrogens (tertiary/aromatic N) is 1. The van der Waals surface area contributed by atoms with Crippen LogP contribution in [0.1, 0.15) is 40.0 Å². The number of anilines is 2. The first-order chi connectivity index (χ1) is 9.51. The zero-order valence-corrected chi connectivity index (χ0v) is 12.7. The quantitative estimate of drug-likeness (QED) is 0.772. The van der Waals surface area contributed by atoms with Gasteiger partial charge in [0.05, 0.1) is 17.5 Å². The largest absolute Gasteiger partial charge is 0.488 e. The molecule has 0 heterocycles. The van der Waals surface area contributed by atoms with Gasteiger partial charge in [0, 0.05) is 25.2 Å². The molecule has 0 atom stereocenters. The molecular formula is C16H25FN2O. The van der Waals surface area contributed by atoms with Gasteiger partial charge in [-0.25, -0.2) is 4.39 Å². The van der Waals surface area contributed by atoms with Crippen LogP contribution in [0.2, 0.25) is 0 Å². The molecular weight excluding hydrogens is 255 g/mol. The Hall–Kier alpha value is -1.45. The molecule has 3 nitrogen and oxygen atoms in total. The van der Waals surface area contributed by atoms with Gasteiger partial charge in [0.15, 0.2) is 11.6 Å². The maximum Gasteiger partial charge on any atom is 0.167 e. The minimum absolute atomic E-state index is 0.0518. The fourth-order valence-corrected chi connectivity index (χ4v) is 2.37. The second-order valence-corrected chi connectivity index (χ2v) is 5.90. The first kappa shape index (κ1) is 14.9. The molecule has 0 aromatic heterocycles. The monoisotopic (exact) mass is 280 g/mol. The molecule has 0 spiro atoms. The zero-order chi connectivity index (χ0) is 14.7. The lowest BCUT2D eigenvalue weighted by Crippen LogP contribution is -2.27. The molecule has 4 heteroatoms. The van der Waals surface area contributed by atoms with E-state index in [1.165, 1.54) is 18.9 Å². The molecule has 0 unspecified atom stereocenters. The van der Waals surface area contributed by atoms with E-state index in [1.54, 1.807) is 6.07 Å². The predicted octanol–water partition coefficient (Wildman–Crippen LogP) is 3.82. The lowest BCUT2D eigenvalue weighted by molar-refractivity contribution is 0.231. The first-order valence-electron chi connectivity index (χ1n) is 7.51. The van der Waals surface area contributed by atoms with E-state index in [1.807, 2.05) is 13.8 Å². The summed E-state index contributed by atoms with van der Waals surface area (Å²) < 4.78 is 19.4. The highest BCUT2D eigenvalue weighted by Crippen LogP contribution is 2.36. The Morgan fingerprint density at radius 3 is 2.65 bits per heavy atom. The van der Waals surface area contributed by atoms with Crippen molar-refractivity contribution in [3.63, 3.8) is 0 Å². The van der Waals surface area contributed by atoms with Gasteiger partial charge in [0.2, 0.25) is 0 Å². The minimum Gasteiger partial charge on any atom is -0.488 e. The van der Waals surface area contributed by atoms with Crippen molar-refractivity contribution >= 4 is 11.4 Å². The SMILES string of the molecule is CCCN(CC1CC1)c1cc(OC(C)C)c(F)cc1N. The molecule has 20 heavy (non-hydrogen) atoms. The molecule has 1 aromatic rings. The van der Waals surface area contributed by atoms with Crippen molar-refractivity contribution in [2.45, 2.75) is 46.1 Å². The summed E-state index contributed by atoms with van der Waals surface area (Å²) in [6.45, 7) is 7.87. The van der Waals surface area contributed by atoms with E-state index in [0.29, 0.717) is 11.4 Å². The van der Waals surface area contributed by atoms with Gasteiger partial charge < -0.3 is 15.4 Å². The normalized spacial score (nSPS) is 14.7. The number of benzene rings is 1. The number of hydrogen-bond donors (Lipinski definition) is 1. The third kappa shape index (κ3) is 3.78. The summed E-state index contributed by atoms with van der Waals surface area (Å²) in [6.07, 6.45) is 3.57. The van der Waals surface area contributed by atoms with Gasteiger partial charge in [-0.3, -0.25) is 0 Å². The Balaban J connectivity index is 2.26. The van der Waals surface area contributed by atoms with Gasteiger partial charge in [-0.2, -0.15) is 0 Å². The van der Waals surface area contributed by atoms with Gasteiger partial charge in [-0.15, -0.1) is 0 Å². The lowest BCUT2D eigenvalue weighted by Gasteiger charge is -2.26. The first-order valence-corrected chi connectivity index (χ1v) is 7.51. The summed E-state index contributed by atoms with van der Waals surface area (Å²) in [6, 6.07) is 3.13. The Labute approximate surface area is 120 Å². The van der Waals surface area contributed by atoms with E-state index in [2.05, 4.69) is 11.8 Å². The van der Waals surface area contributed by atoms with E-state index < -0.39 is 0 Å². The van der Waals surface area contributed by atoms with Crippen LogP contribution in [-0.2, 0) is 0 Å². The van der Waals surface area contributed by atoms with Crippen LogP contribution >= 0.6 is 0 Å². The highest BCUT2D eigenvalue weighted by molar-refractivity contribution is 5.70. The summed E-state index contributed by atoms with van der Waals surface area (Å²) >= 11 is 0. The third-order valence-corrected chi connectivity index (χ3v) is 3.45. The molecule has 1 aliphatic carbocycles. The summed E-state index contributed by atoms with van der Waals surface area (Å²) in [7, 11) is 0. The number of nitrogens with two attached hydrogens (primary N) is 1. The van der Waals surface area contributed by atoms with Crippen LogP contribution in [0, 0.1) is 11.7 Å². The van der Waals surface area contributed by atoms with Gasteiger partial charge in [-0.1, -0.05) is 6.92 Å². The molecule has 0 amide bonds. The van der Waals surface area contributed by atoms with Gasteiger partial charge >= 0.3 is 0 Å². The number of hydrogen-bond acceptors (Lipinski definition) is 3. The average Bonchev–Trinajstić information content (AvgIpc) is 3.16. The van der Waals surface area contributed by atoms with Gasteiger partial charge in [0.1, 0.15) is 0 Å². The van der Waals surface area contributed by atoms with Crippen molar-refractivity contribution in [2.24, 2.45) is 5.92 Å². The minimum atomic E-state index is -0.386. The molecule has 0 saturated heterocycles. The maximum atomic E-state index is 13.9. The molecule has 2 rings (SSSR count).